The molecular weight excluding hydrogens is 148 g/mol. The van der Waals surface area contributed by atoms with Crippen molar-refractivity contribution in [1.82, 2.24) is 4.90 Å². The summed E-state index contributed by atoms with van der Waals surface area (Å²) < 4.78 is 2.21. The van der Waals surface area contributed by atoms with E-state index < -0.39 is 0 Å². The van der Waals surface area contributed by atoms with E-state index in [1.807, 2.05) is 6.07 Å². The number of rotatable bonds is 2. The quantitative estimate of drug-likeness (QED) is 0.585. The highest BCUT2D eigenvalue weighted by Crippen LogP contribution is 2.04. The molecule has 0 spiro atoms. The number of likely N-dealkylation sites (tertiary alicyclic amines) is 1. The molecular formula is C10H14N2+. The molecule has 1 fully saturated rings. The molecule has 1 aromatic rings. The highest BCUT2D eigenvalue weighted by molar-refractivity contribution is 4.84. The fraction of sp³-hybridized carbons (Fsp3) is 0.400. The van der Waals surface area contributed by atoms with Crippen molar-refractivity contribution >= 4 is 0 Å². The highest BCUT2D eigenvalue weighted by atomic mass is 15.2. The van der Waals surface area contributed by atoms with Crippen LogP contribution < -0.4 is 4.57 Å². The van der Waals surface area contributed by atoms with Crippen LogP contribution in [0.15, 0.2) is 30.6 Å². The molecule has 0 atom stereocenters. The molecule has 0 amide bonds. The average molecular weight is 162 g/mol. The average Bonchev–Trinajstić information content (AvgIpc) is 2.59. The molecule has 1 aromatic heterocycles. The Bertz CT molecular complexity index is 227. The Morgan fingerprint density at radius 1 is 1.17 bits per heavy atom. The first-order chi connectivity index (χ1) is 5.95. The normalized spacial score (nSPS) is 18.3. The number of nitrogens with zero attached hydrogens (tertiary/aromatic N) is 2. The molecule has 0 aliphatic carbocycles. The molecule has 1 saturated heterocycles. The van der Waals surface area contributed by atoms with Gasteiger partial charge in [0.15, 0.2) is 12.4 Å². The summed E-state index contributed by atoms with van der Waals surface area (Å²) in [6.45, 7) is 3.38. The predicted molar refractivity (Wildman–Crippen MR) is 47.1 cm³/mol. The maximum Gasteiger partial charge on any atom is 0.204 e. The van der Waals surface area contributed by atoms with Crippen LogP contribution in [0.25, 0.3) is 0 Å². The van der Waals surface area contributed by atoms with Crippen LogP contribution in [0.3, 0.4) is 0 Å². The zero-order chi connectivity index (χ0) is 8.23. The minimum Gasteiger partial charge on any atom is -0.248 e. The predicted octanol–water partition coefficient (Wildman–Crippen LogP) is 0.842. The zero-order valence-electron chi connectivity index (χ0n) is 7.19. The van der Waals surface area contributed by atoms with Gasteiger partial charge < -0.3 is 0 Å². The first-order valence-corrected chi connectivity index (χ1v) is 4.43. The van der Waals surface area contributed by atoms with Gasteiger partial charge in [0.1, 0.15) is 0 Å². The number of aromatic nitrogens is 1. The summed E-state index contributed by atoms with van der Waals surface area (Å²) in [6.07, 6.45) is 7.80. The molecule has 0 N–H and O–H groups in total. The van der Waals surface area contributed by atoms with E-state index in [9.17, 15) is 0 Å². The van der Waals surface area contributed by atoms with Crippen molar-refractivity contribution in [2.45, 2.75) is 13.1 Å². The Morgan fingerprint density at radius 3 is 2.67 bits per heavy atom. The van der Waals surface area contributed by atoms with Crippen LogP contribution in [-0.4, -0.2) is 18.0 Å². The maximum atomic E-state index is 2.43. The van der Waals surface area contributed by atoms with Crippen LogP contribution in [0.1, 0.15) is 6.42 Å². The molecule has 0 bridgehead atoms. The van der Waals surface area contributed by atoms with Gasteiger partial charge in [0.2, 0.25) is 6.67 Å². The Kier molecular flexibility index (Phi) is 2.37. The number of pyridine rings is 1. The third-order valence-electron chi connectivity index (χ3n) is 2.18. The van der Waals surface area contributed by atoms with Crippen LogP contribution in [-0.2, 0) is 6.67 Å². The third-order valence-corrected chi connectivity index (χ3v) is 2.18. The Labute approximate surface area is 73.4 Å². The lowest BCUT2D eigenvalue weighted by molar-refractivity contribution is -0.715. The van der Waals surface area contributed by atoms with Gasteiger partial charge in [-0.15, -0.1) is 0 Å². The van der Waals surface area contributed by atoms with Crippen molar-refractivity contribution < 1.29 is 4.57 Å². The van der Waals surface area contributed by atoms with Crippen molar-refractivity contribution in [1.29, 1.82) is 0 Å². The van der Waals surface area contributed by atoms with Gasteiger partial charge in [0, 0.05) is 25.2 Å². The molecule has 0 aromatic carbocycles. The SMILES string of the molecule is [CH]1CCN(C[n+]2ccccc2)C1. The van der Waals surface area contributed by atoms with E-state index in [1.54, 1.807) is 0 Å². The summed E-state index contributed by atoms with van der Waals surface area (Å²) in [5.74, 6) is 0. The van der Waals surface area contributed by atoms with Gasteiger partial charge in [-0.05, 0) is 12.8 Å². The van der Waals surface area contributed by atoms with Crippen LogP contribution in [0.2, 0.25) is 0 Å². The summed E-state index contributed by atoms with van der Waals surface area (Å²) in [4.78, 5) is 2.43. The fourth-order valence-electron chi connectivity index (χ4n) is 1.53. The van der Waals surface area contributed by atoms with Gasteiger partial charge in [-0.2, -0.15) is 4.57 Å². The lowest BCUT2D eigenvalue weighted by atomic mass is 10.4. The van der Waals surface area contributed by atoms with E-state index in [-0.39, 0.29) is 0 Å². The van der Waals surface area contributed by atoms with Crippen molar-refractivity contribution in [3.63, 3.8) is 0 Å². The van der Waals surface area contributed by atoms with Gasteiger partial charge in [-0.1, -0.05) is 6.07 Å². The summed E-state index contributed by atoms with van der Waals surface area (Å²) in [6, 6.07) is 6.19. The van der Waals surface area contributed by atoms with Crippen LogP contribution >= 0.6 is 0 Å². The maximum absolute atomic E-state index is 2.43. The van der Waals surface area contributed by atoms with Crippen molar-refractivity contribution in [2.24, 2.45) is 0 Å². The molecule has 0 unspecified atom stereocenters. The van der Waals surface area contributed by atoms with Crippen molar-refractivity contribution in [3.05, 3.63) is 37.0 Å². The van der Waals surface area contributed by atoms with Gasteiger partial charge in [-0.25, -0.2) is 4.90 Å². The van der Waals surface area contributed by atoms with Crippen LogP contribution in [0, 0.1) is 6.42 Å². The molecule has 0 saturated carbocycles. The smallest absolute Gasteiger partial charge is 0.204 e. The lowest BCUT2D eigenvalue weighted by Crippen LogP contribution is -2.41. The fourth-order valence-corrected chi connectivity index (χ4v) is 1.53. The first kappa shape index (κ1) is 7.74. The molecule has 1 aliphatic heterocycles. The first-order valence-electron chi connectivity index (χ1n) is 4.43. The summed E-state index contributed by atoms with van der Waals surface area (Å²) >= 11 is 0. The number of hydrogen-bond donors (Lipinski definition) is 0. The molecule has 1 radical (unpaired) electrons. The van der Waals surface area contributed by atoms with E-state index in [0.29, 0.717) is 0 Å². The molecule has 2 heteroatoms. The van der Waals surface area contributed by atoms with E-state index in [0.717, 1.165) is 13.2 Å². The topological polar surface area (TPSA) is 7.12 Å². The molecule has 12 heavy (non-hydrogen) atoms. The largest absolute Gasteiger partial charge is 0.248 e. The van der Waals surface area contributed by atoms with Gasteiger partial charge >= 0.3 is 0 Å². The summed E-state index contributed by atoms with van der Waals surface area (Å²) in [7, 11) is 0. The standard InChI is InChI=1S/C10H14N2/c1-2-6-11(7-3-1)10-12-8-4-5-9-12/h1-4,6-7H,5,8-10H2/q+1. The van der Waals surface area contributed by atoms with Crippen LogP contribution in [0.4, 0.5) is 0 Å². The lowest BCUT2D eigenvalue weighted by Gasteiger charge is -2.08. The summed E-state index contributed by atoms with van der Waals surface area (Å²) in [5, 5.41) is 0. The molecule has 63 valence electrons. The molecule has 1 aliphatic rings. The molecule has 2 nitrogen and oxygen atoms in total. The minimum atomic E-state index is 1.03. The second kappa shape index (κ2) is 3.68. The van der Waals surface area contributed by atoms with Gasteiger partial charge in [-0.3, -0.25) is 0 Å². The minimum absolute atomic E-state index is 1.03. The van der Waals surface area contributed by atoms with Crippen LogP contribution in [0.5, 0.6) is 0 Å². The highest BCUT2D eigenvalue weighted by Gasteiger charge is 2.14. The number of hydrogen-bond acceptors (Lipinski definition) is 1. The Hall–Kier alpha value is -0.890. The van der Waals surface area contributed by atoms with E-state index >= 15 is 0 Å². The zero-order valence-corrected chi connectivity index (χ0v) is 7.19. The molecule has 2 heterocycles. The second-order valence-electron chi connectivity index (χ2n) is 3.19. The third kappa shape index (κ3) is 1.83. The van der Waals surface area contributed by atoms with Gasteiger partial charge in [0.05, 0.1) is 0 Å². The second-order valence-corrected chi connectivity index (χ2v) is 3.19. The van der Waals surface area contributed by atoms with Crippen molar-refractivity contribution in [2.75, 3.05) is 13.1 Å². The van der Waals surface area contributed by atoms with E-state index in [4.69, 9.17) is 0 Å². The van der Waals surface area contributed by atoms with Gasteiger partial charge in [0.25, 0.3) is 0 Å². The monoisotopic (exact) mass is 162 g/mol. The molecule has 2 rings (SSSR count). The Balaban J connectivity index is 1.94. The summed E-state index contributed by atoms with van der Waals surface area (Å²) in [5.41, 5.74) is 0. The van der Waals surface area contributed by atoms with Crippen molar-refractivity contribution in [3.8, 4) is 0 Å². The van der Waals surface area contributed by atoms with E-state index in [2.05, 4.69) is 40.4 Å². The van der Waals surface area contributed by atoms with E-state index in [1.165, 1.54) is 13.0 Å². The Morgan fingerprint density at radius 2 is 2.00 bits per heavy atom.